The van der Waals surface area contributed by atoms with E-state index in [4.69, 9.17) is 5.11 Å². The molecule has 0 saturated heterocycles. The monoisotopic (exact) mass is 254 g/mol. The van der Waals surface area contributed by atoms with Gasteiger partial charge >= 0.3 is 5.97 Å². The van der Waals surface area contributed by atoms with Gasteiger partial charge in [0.25, 0.3) is 0 Å². The second-order valence-corrected chi connectivity index (χ2v) is 3.82. The Morgan fingerprint density at radius 1 is 1.47 bits per heavy atom. The molecule has 2 heterocycles. The lowest BCUT2D eigenvalue weighted by Crippen LogP contribution is -2.20. The van der Waals surface area contributed by atoms with Crippen molar-refractivity contribution in [1.29, 1.82) is 0 Å². The molecule has 2 N–H and O–H groups in total. The van der Waals surface area contributed by atoms with E-state index < -0.39 is 5.97 Å². The largest absolute Gasteiger partial charge is 0.477 e. The molecule has 0 amide bonds. The number of hydrogen-bond acceptors (Lipinski definition) is 3. The average molecular weight is 255 g/mol. The maximum atomic E-state index is 10.8. The van der Waals surface area contributed by atoms with E-state index in [0.29, 0.717) is 0 Å². The van der Waals surface area contributed by atoms with Gasteiger partial charge in [0.15, 0.2) is 0 Å². The van der Waals surface area contributed by atoms with Crippen LogP contribution in [-0.2, 0) is 0 Å². The summed E-state index contributed by atoms with van der Waals surface area (Å²) in [7, 11) is 0. The summed E-state index contributed by atoms with van der Waals surface area (Å²) in [6.45, 7) is 3.69. The van der Waals surface area contributed by atoms with Crippen molar-refractivity contribution in [2.24, 2.45) is 0 Å². The van der Waals surface area contributed by atoms with Crippen LogP contribution in [0.4, 0.5) is 0 Å². The lowest BCUT2D eigenvalue weighted by atomic mass is 9.99. The molecule has 0 atom stereocenters. The van der Waals surface area contributed by atoms with Crippen molar-refractivity contribution in [2.75, 3.05) is 13.1 Å². The normalized spacial score (nSPS) is 14.8. The Labute approximate surface area is 106 Å². The summed E-state index contributed by atoms with van der Waals surface area (Å²) < 4.78 is 0. The summed E-state index contributed by atoms with van der Waals surface area (Å²) in [5.41, 5.74) is 3.20. The molecule has 1 aromatic heterocycles. The number of nitrogens with zero attached hydrogens (tertiary/aromatic N) is 1. The molecular formula is C12H15ClN2O2. The van der Waals surface area contributed by atoms with Crippen molar-refractivity contribution in [2.45, 2.75) is 13.3 Å². The van der Waals surface area contributed by atoms with Gasteiger partial charge in [0.1, 0.15) is 5.69 Å². The average Bonchev–Trinajstić information content (AvgIpc) is 2.30. The van der Waals surface area contributed by atoms with Crippen molar-refractivity contribution in [3.8, 4) is 0 Å². The minimum atomic E-state index is -0.978. The molecule has 0 aliphatic carbocycles. The molecule has 0 spiro atoms. The van der Waals surface area contributed by atoms with E-state index in [9.17, 15) is 4.79 Å². The third-order valence-electron chi connectivity index (χ3n) is 2.71. The lowest BCUT2D eigenvalue weighted by molar-refractivity contribution is 0.0690. The van der Waals surface area contributed by atoms with Crippen molar-refractivity contribution < 1.29 is 9.90 Å². The maximum Gasteiger partial charge on any atom is 0.354 e. The van der Waals surface area contributed by atoms with Gasteiger partial charge < -0.3 is 10.4 Å². The third-order valence-corrected chi connectivity index (χ3v) is 2.71. The smallest absolute Gasteiger partial charge is 0.354 e. The summed E-state index contributed by atoms with van der Waals surface area (Å²) >= 11 is 0. The number of aryl methyl sites for hydroxylation is 1. The molecule has 0 aromatic carbocycles. The van der Waals surface area contributed by atoms with Crippen LogP contribution in [-0.4, -0.2) is 29.1 Å². The van der Waals surface area contributed by atoms with E-state index in [-0.39, 0.29) is 18.1 Å². The molecule has 5 heteroatoms. The van der Waals surface area contributed by atoms with Crippen LogP contribution in [0.2, 0.25) is 0 Å². The molecule has 0 saturated carbocycles. The topological polar surface area (TPSA) is 62.2 Å². The van der Waals surface area contributed by atoms with Crippen LogP contribution in [0.1, 0.15) is 28.2 Å². The van der Waals surface area contributed by atoms with E-state index in [2.05, 4.69) is 16.4 Å². The van der Waals surface area contributed by atoms with Gasteiger partial charge in [-0.15, -0.1) is 12.4 Å². The van der Waals surface area contributed by atoms with E-state index in [1.165, 1.54) is 5.57 Å². The number of halogens is 1. The molecule has 4 nitrogen and oxygen atoms in total. The molecule has 0 fully saturated rings. The minimum Gasteiger partial charge on any atom is -0.477 e. The summed E-state index contributed by atoms with van der Waals surface area (Å²) in [5, 5.41) is 12.1. The first-order chi connectivity index (χ1) is 7.68. The first-order valence-electron chi connectivity index (χ1n) is 5.29. The van der Waals surface area contributed by atoms with Gasteiger partial charge in [-0.05, 0) is 37.1 Å². The molecule has 92 valence electrons. The lowest BCUT2D eigenvalue weighted by Gasteiger charge is -2.15. The van der Waals surface area contributed by atoms with Crippen molar-refractivity contribution in [3.05, 3.63) is 35.2 Å². The highest BCUT2D eigenvalue weighted by Crippen LogP contribution is 2.22. The van der Waals surface area contributed by atoms with E-state index in [1.807, 2.05) is 13.0 Å². The Bertz CT molecular complexity index is 458. The molecule has 0 bridgehead atoms. The Balaban J connectivity index is 0.00000144. The molecule has 17 heavy (non-hydrogen) atoms. The highest BCUT2D eigenvalue weighted by Gasteiger charge is 2.11. The number of carboxylic acids is 1. The zero-order valence-electron chi connectivity index (χ0n) is 9.56. The number of aromatic nitrogens is 1. The number of rotatable bonds is 2. The van der Waals surface area contributed by atoms with Gasteiger partial charge in [0, 0.05) is 12.2 Å². The van der Waals surface area contributed by atoms with Gasteiger partial charge in [0.05, 0.1) is 0 Å². The molecule has 0 radical (unpaired) electrons. The number of pyridine rings is 1. The molecule has 1 aliphatic heterocycles. The van der Waals surface area contributed by atoms with Crippen LogP contribution < -0.4 is 5.32 Å². The van der Waals surface area contributed by atoms with E-state index in [1.54, 1.807) is 6.07 Å². The fraction of sp³-hybridized carbons (Fsp3) is 0.333. The van der Waals surface area contributed by atoms with Crippen molar-refractivity contribution in [3.63, 3.8) is 0 Å². The van der Waals surface area contributed by atoms with Crippen LogP contribution in [0.25, 0.3) is 5.57 Å². The maximum absolute atomic E-state index is 10.8. The SMILES string of the molecule is Cc1nc(C(=O)O)ccc1C1=CCNCC1.Cl. The van der Waals surface area contributed by atoms with Gasteiger partial charge in [-0.3, -0.25) is 0 Å². The Hall–Kier alpha value is -1.39. The quantitative estimate of drug-likeness (QED) is 0.846. The van der Waals surface area contributed by atoms with Crippen molar-refractivity contribution >= 4 is 23.9 Å². The van der Waals surface area contributed by atoms with E-state index in [0.717, 1.165) is 30.8 Å². The molecule has 1 aliphatic rings. The second-order valence-electron chi connectivity index (χ2n) is 3.82. The summed E-state index contributed by atoms with van der Waals surface area (Å²) in [6, 6.07) is 3.41. The summed E-state index contributed by atoms with van der Waals surface area (Å²) in [5.74, 6) is -0.978. The van der Waals surface area contributed by atoms with Crippen LogP contribution >= 0.6 is 12.4 Å². The number of carbonyl (C=O) groups is 1. The number of hydrogen-bond donors (Lipinski definition) is 2. The third kappa shape index (κ3) is 3.05. The minimum absolute atomic E-state index is 0. The van der Waals surface area contributed by atoms with Gasteiger partial charge in [0.2, 0.25) is 0 Å². The first-order valence-corrected chi connectivity index (χ1v) is 5.29. The van der Waals surface area contributed by atoms with Crippen LogP contribution in [0.5, 0.6) is 0 Å². The summed E-state index contributed by atoms with van der Waals surface area (Å²) in [4.78, 5) is 14.8. The fourth-order valence-electron chi connectivity index (χ4n) is 1.89. The zero-order valence-corrected chi connectivity index (χ0v) is 10.4. The van der Waals surface area contributed by atoms with Gasteiger partial charge in [-0.2, -0.15) is 0 Å². The van der Waals surface area contributed by atoms with E-state index >= 15 is 0 Å². The predicted molar refractivity (Wildman–Crippen MR) is 68.6 cm³/mol. The number of aromatic carboxylic acids is 1. The van der Waals surface area contributed by atoms with Crippen LogP contribution in [0.15, 0.2) is 18.2 Å². The Morgan fingerprint density at radius 3 is 2.76 bits per heavy atom. The molecular weight excluding hydrogens is 240 g/mol. The Morgan fingerprint density at radius 2 is 2.24 bits per heavy atom. The standard InChI is InChI=1S/C12H14N2O2.ClH/c1-8-10(9-4-6-13-7-5-9)2-3-11(14-8)12(15)16;/h2-4,13H,5-7H2,1H3,(H,15,16);1H. The number of nitrogens with one attached hydrogen (secondary N) is 1. The van der Waals surface area contributed by atoms with Gasteiger partial charge in [-0.1, -0.05) is 12.1 Å². The first kappa shape index (κ1) is 13.7. The second kappa shape index (κ2) is 5.80. The van der Waals surface area contributed by atoms with Crippen LogP contribution in [0.3, 0.4) is 0 Å². The van der Waals surface area contributed by atoms with Gasteiger partial charge in [-0.25, -0.2) is 9.78 Å². The van der Waals surface area contributed by atoms with Crippen LogP contribution in [0, 0.1) is 6.92 Å². The number of carboxylic acid groups (broad SMARTS) is 1. The summed E-state index contributed by atoms with van der Waals surface area (Å²) in [6.07, 6.45) is 3.10. The zero-order chi connectivity index (χ0) is 11.5. The van der Waals surface area contributed by atoms with Crippen molar-refractivity contribution in [1.82, 2.24) is 10.3 Å². The fourth-order valence-corrected chi connectivity index (χ4v) is 1.89. The Kier molecular flexibility index (Phi) is 4.66. The predicted octanol–water partition coefficient (Wildman–Crippen LogP) is 1.89. The molecule has 0 unspecified atom stereocenters. The highest BCUT2D eigenvalue weighted by molar-refractivity contribution is 5.86. The highest BCUT2D eigenvalue weighted by atomic mass is 35.5. The molecule has 2 rings (SSSR count). The molecule has 1 aromatic rings.